The molecule has 1 aliphatic rings. The Morgan fingerprint density at radius 3 is 2.52 bits per heavy atom. The Balaban J connectivity index is 1.78. The summed E-state index contributed by atoms with van der Waals surface area (Å²) in [7, 11) is 0. The van der Waals surface area contributed by atoms with Gasteiger partial charge in [-0.2, -0.15) is 0 Å². The second-order valence-electron chi connectivity index (χ2n) is 5.96. The molecule has 0 aliphatic heterocycles. The molecule has 0 radical (unpaired) electrons. The predicted molar refractivity (Wildman–Crippen MR) is 91.5 cm³/mol. The second kappa shape index (κ2) is 9.66. The van der Waals surface area contributed by atoms with Gasteiger partial charge in [-0.15, -0.1) is 0 Å². The Kier molecular flexibility index (Phi) is 7.25. The van der Waals surface area contributed by atoms with Crippen molar-refractivity contribution in [1.29, 1.82) is 0 Å². The lowest BCUT2D eigenvalue weighted by atomic mass is 9.95. The van der Waals surface area contributed by atoms with Gasteiger partial charge in [-0.25, -0.2) is 9.18 Å². The Bertz CT molecular complexity index is 610. The SMILES string of the molecule is O=C(O)NC/C=C(\F)COc1ccc(C(=O)NC2CCCCC2)cc1. The molecule has 0 atom stereocenters. The van der Waals surface area contributed by atoms with E-state index in [4.69, 9.17) is 9.84 Å². The van der Waals surface area contributed by atoms with E-state index in [1.54, 1.807) is 24.3 Å². The average molecular weight is 350 g/mol. The number of halogens is 1. The van der Waals surface area contributed by atoms with Gasteiger partial charge in [-0.05, 0) is 43.2 Å². The zero-order valence-electron chi connectivity index (χ0n) is 14.0. The summed E-state index contributed by atoms with van der Waals surface area (Å²) in [6, 6.07) is 6.75. The van der Waals surface area contributed by atoms with Crippen molar-refractivity contribution in [2.45, 2.75) is 38.1 Å². The highest BCUT2D eigenvalue weighted by Crippen LogP contribution is 2.18. The van der Waals surface area contributed by atoms with Crippen LogP contribution in [-0.4, -0.2) is 36.3 Å². The molecule has 1 aromatic carbocycles. The van der Waals surface area contributed by atoms with Gasteiger partial charge in [0.2, 0.25) is 0 Å². The van der Waals surface area contributed by atoms with Gasteiger partial charge in [-0.3, -0.25) is 4.79 Å². The van der Waals surface area contributed by atoms with Crippen LogP contribution in [-0.2, 0) is 0 Å². The fourth-order valence-corrected chi connectivity index (χ4v) is 2.68. The maximum atomic E-state index is 13.4. The summed E-state index contributed by atoms with van der Waals surface area (Å²) in [6.45, 7) is -0.417. The van der Waals surface area contributed by atoms with Gasteiger partial charge in [0.15, 0.2) is 0 Å². The second-order valence-corrected chi connectivity index (χ2v) is 5.96. The first-order valence-electron chi connectivity index (χ1n) is 8.39. The van der Waals surface area contributed by atoms with Crippen LogP contribution in [0.4, 0.5) is 9.18 Å². The van der Waals surface area contributed by atoms with Crippen LogP contribution in [0.1, 0.15) is 42.5 Å². The summed E-state index contributed by atoms with van der Waals surface area (Å²) in [5, 5.41) is 13.4. The molecule has 25 heavy (non-hydrogen) atoms. The summed E-state index contributed by atoms with van der Waals surface area (Å²) < 4.78 is 18.7. The summed E-state index contributed by atoms with van der Waals surface area (Å²) in [5.74, 6) is -0.249. The van der Waals surface area contributed by atoms with Crippen molar-refractivity contribution in [3.63, 3.8) is 0 Å². The van der Waals surface area contributed by atoms with E-state index in [0.717, 1.165) is 31.8 Å². The number of ether oxygens (including phenoxy) is 1. The third-order valence-electron chi connectivity index (χ3n) is 4.01. The molecule has 0 saturated heterocycles. The minimum atomic E-state index is -1.22. The number of amides is 2. The number of benzene rings is 1. The van der Waals surface area contributed by atoms with Crippen LogP contribution in [0.5, 0.6) is 5.75 Å². The van der Waals surface area contributed by atoms with Crippen molar-refractivity contribution >= 4 is 12.0 Å². The number of hydrogen-bond donors (Lipinski definition) is 3. The molecule has 0 spiro atoms. The molecular formula is C18H23FN2O4. The molecule has 0 heterocycles. The molecule has 6 nitrogen and oxygen atoms in total. The van der Waals surface area contributed by atoms with Crippen LogP contribution in [0.3, 0.4) is 0 Å². The van der Waals surface area contributed by atoms with E-state index in [1.165, 1.54) is 6.42 Å². The zero-order valence-corrected chi connectivity index (χ0v) is 14.0. The van der Waals surface area contributed by atoms with Crippen LogP contribution in [0, 0.1) is 0 Å². The van der Waals surface area contributed by atoms with Gasteiger partial charge < -0.3 is 20.5 Å². The third kappa shape index (κ3) is 6.82. The molecule has 136 valence electrons. The smallest absolute Gasteiger partial charge is 0.404 e. The lowest BCUT2D eigenvalue weighted by molar-refractivity contribution is 0.0927. The number of carbonyl (C=O) groups is 2. The summed E-state index contributed by atoms with van der Waals surface area (Å²) in [6.07, 6.45) is 5.46. The molecule has 1 fully saturated rings. The summed E-state index contributed by atoms with van der Waals surface area (Å²) in [4.78, 5) is 22.4. The van der Waals surface area contributed by atoms with E-state index < -0.39 is 11.9 Å². The van der Waals surface area contributed by atoms with Crippen LogP contribution in [0.2, 0.25) is 0 Å². The molecule has 1 aromatic rings. The van der Waals surface area contributed by atoms with Crippen molar-refractivity contribution < 1.29 is 23.8 Å². The first-order chi connectivity index (χ1) is 12.0. The van der Waals surface area contributed by atoms with Gasteiger partial charge in [0.1, 0.15) is 18.2 Å². The van der Waals surface area contributed by atoms with Gasteiger partial charge in [-0.1, -0.05) is 19.3 Å². The molecule has 7 heteroatoms. The van der Waals surface area contributed by atoms with E-state index in [9.17, 15) is 14.0 Å². The number of carbonyl (C=O) groups excluding carboxylic acids is 1. The lowest BCUT2D eigenvalue weighted by Crippen LogP contribution is -2.36. The number of nitrogens with one attached hydrogen (secondary N) is 2. The monoisotopic (exact) mass is 350 g/mol. The van der Waals surface area contributed by atoms with E-state index >= 15 is 0 Å². The summed E-state index contributed by atoms with van der Waals surface area (Å²) in [5.41, 5.74) is 0.541. The maximum Gasteiger partial charge on any atom is 0.404 e. The van der Waals surface area contributed by atoms with E-state index in [1.807, 2.05) is 5.32 Å². The molecule has 2 rings (SSSR count). The van der Waals surface area contributed by atoms with Gasteiger partial charge >= 0.3 is 6.09 Å². The highest BCUT2D eigenvalue weighted by Gasteiger charge is 2.16. The predicted octanol–water partition coefficient (Wildman–Crippen LogP) is 3.25. The minimum absolute atomic E-state index is 0.107. The fraction of sp³-hybridized carbons (Fsp3) is 0.444. The van der Waals surface area contributed by atoms with Crippen LogP contribution < -0.4 is 15.4 Å². The van der Waals surface area contributed by atoms with Crippen molar-refractivity contribution in [2.75, 3.05) is 13.2 Å². The maximum absolute atomic E-state index is 13.4. The van der Waals surface area contributed by atoms with Crippen LogP contribution >= 0.6 is 0 Å². The molecule has 2 amide bonds. The third-order valence-corrected chi connectivity index (χ3v) is 4.01. The molecular weight excluding hydrogens is 327 g/mol. The van der Waals surface area contributed by atoms with E-state index in [2.05, 4.69) is 5.32 Å². The number of hydrogen-bond acceptors (Lipinski definition) is 3. The van der Waals surface area contributed by atoms with Crippen molar-refractivity contribution in [3.05, 3.63) is 41.7 Å². The first kappa shape index (κ1) is 18.8. The normalized spacial score (nSPS) is 15.5. The van der Waals surface area contributed by atoms with Gasteiger partial charge in [0.05, 0.1) is 0 Å². The minimum Gasteiger partial charge on any atom is -0.487 e. The van der Waals surface area contributed by atoms with Crippen LogP contribution in [0.25, 0.3) is 0 Å². The Labute approximate surface area is 146 Å². The van der Waals surface area contributed by atoms with E-state index in [-0.39, 0.29) is 25.1 Å². The molecule has 1 aliphatic carbocycles. The quantitative estimate of drug-likeness (QED) is 0.704. The van der Waals surface area contributed by atoms with Crippen molar-refractivity contribution in [1.82, 2.24) is 10.6 Å². The molecule has 0 unspecified atom stereocenters. The Morgan fingerprint density at radius 2 is 1.88 bits per heavy atom. The number of carboxylic acid groups (broad SMARTS) is 1. The Morgan fingerprint density at radius 1 is 1.20 bits per heavy atom. The lowest BCUT2D eigenvalue weighted by Gasteiger charge is -2.22. The molecule has 3 N–H and O–H groups in total. The molecule has 0 bridgehead atoms. The first-order valence-corrected chi connectivity index (χ1v) is 8.39. The van der Waals surface area contributed by atoms with Crippen molar-refractivity contribution in [2.24, 2.45) is 0 Å². The highest BCUT2D eigenvalue weighted by atomic mass is 19.1. The van der Waals surface area contributed by atoms with Crippen molar-refractivity contribution in [3.8, 4) is 5.75 Å². The largest absolute Gasteiger partial charge is 0.487 e. The van der Waals surface area contributed by atoms with Crippen LogP contribution in [0.15, 0.2) is 36.2 Å². The van der Waals surface area contributed by atoms with Gasteiger partial charge in [0, 0.05) is 18.2 Å². The highest BCUT2D eigenvalue weighted by molar-refractivity contribution is 5.94. The number of rotatable bonds is 7. The zero-order chi connectivity index (χ0) is 18.1. The molecule has 0 aromatic heterocycles. The summed E-state index contributed by atoms with van der Waals surface area (Å²) >= 11 is 0. The topological polar surface area (TPSA) is 87.7 Å². The Hall–Kier alpha value is -2.57. The molecule has 1 saturated carbocycles. The fourth-order valence-electron chi connectivity index (χ4n) is 2.68. The van der Waals surface area contributed by atoms with Gasteiger partial charge in [0.25, 0.3) is 5.91 Å². The van der Waals surface area contributed by atoms with E-state index in [0.29, 0.717) is 11.3 Å². The average Bonchev–Trinajstić information content (AvgIpc) is 2.61. The standard InChI is InChI=1S/C18H23FN2O4/c19-14(10-11-20-18(23)24)12-25-16-8-6-13(7-9-16)17(22)21-15-4-2-1-3-5-15/h6-10,15,20H,1-5,11-12H2,(H,21,22)(H,23,24)/b14-10-.